The Morgan fingerprint density at radius 1 is 1.00 bits per heavy atom. The molecular formula is C28H28F3N7O2S. The van der Waals surface area contributed by atoms with Crippen molar-refractivity contribution in [1.82, 2.24) is 25.6 Å². The number of amides is 1. The summed E-state index contributed by atoms with van der Waals surface area (Å²) >= 11 is 5.41. The predicted molar refractivity (Wildman–Crippen MR) is 155 cm³/mol. The lowest BCUT2D eigenvalue weighted by molar-refractivity contribution is -0.274. The van der Waals surface area contributed by atoms with E-state index in [1.54, 1.807) is 0 Å². The van der Waals surface area contributed by atoms with Crippen LogP contribution in [0.2, 0.25) is 0 Å². The molecule has 0 atom stereocenters. The van der Waals surface area contributed by atoms with Gasteiger partial charge in [-0.2, -0.15) is 9.67 Å². The van der Waals surface area contributed by atoms with Crippen LogP contribution < -0.4 is 26.2 Å². The predicted octanol–water partition coefficient (Wildman–Crippen LogP) is 5.91. The number of aromatic nitrogens is 3. The Balaban J connectivity index is 1.41. The van der Waals surface area contributed by atoms with Gasteiger partial charge in [-0.3, -0.25) is 15.5 Å². The second-order valence-corrected chi connectivity index (χ2v) is 9.67. The fourth-order valence-corrected chi connectivity index (χ4v) is 4.09. The number of hydrogen-bond donors (Lipinski definition) is 4. The highest BCUT2D eigenvalue weighted by Gasteiger charge is 2.31. The molecule has 0 aliphatic rings. The second kappa shape index (κ2) is 12.8. The molecule has 0 saturated heterocycles. The van der Waals surface area contributed by atoms with Crippen molar-refractivity contribution < 1.29 is 22.7 Å². The Labute approximate surface area is 240 Å². The van der Waals surface area contributed by atoms with E-state index >= 15 is 0 Å². The van der Waals surface area contributed by atoms with E-state index in [1.165, 1.54) is 23.7 Å². The van der Waals surface area contributed by atoms with Crippen LogP contribution in [0.4, 0.5) is 24.8 Å². The highest BCUT2D eigenvalue weighted by molar-refractivity contribution is 7.80. The highest BCUT2D eigenvalue weighted by Crippen LogP contribution is 2.26. The molecule has 214 valence electrons. The first-order chi connectivity index (χ1) is 19.5. The molecule has 0 spiro atoms. The van der Waals surface area contributed by atoms with Crippen LogP contribution in [-0.2, 0) is 11.3 Å². The van der Waals surface area contributed by atoms with Gasteiger partial charge in [-0.15, -0.1) is 18.3 Å². The van der Waals surface area contributed by atoms with Crippen LogP contribution in [0.25, 0.3) is 17.1 Å². The van der Waals surface area contributed by atoms with E-state index in [-0.39, 0.29) is 17.6 Å². The number of thiocarbonyl (C=S) groups is 1. The van der Waals surface area contributed by atoms with Crippen LogP contribution in [0.5, 0.6) is 5.75 Å². The number of carbonyl (C=O) groups excluding carboxylic acids is 1. The Morgan fingerprint density at radius 2 is 1.68 bits per heavy atom. The summed E-state index contributed by atoms with van der Waals surface area (Å²) in [5.41, 5.74) is 10.2. The minimum Gasteiger partial charge on any atom is -0.406 e. The molecule has 0 aliphatic heterocycles. The van der Waals surface area contributed by atoms with E-state index in [2.05, 4.69) is 56.2 Å². The summed E-state index contributed by atoms with van der Waals surface area (Å²) in [7, 11) is 0. The lowest BCUT2D eigenvalue weighted by atomic mass is 10.0. The average molecular weight is 584 g/mol. The monoisotopic (exact) mass is 583 g/mol. The molecule has 41 heavy (non-hydrogen) atoms. The normalized spacial score (nSPS) is 11.3. The van der Waals surface area contributed by atoms with E-state index in [9.17, 15) is 18.0 Å². The smallest absolute Gasteiger partial charge is 0.406 e. The third-order valence-electron chi connectivity index (χ3n) is 5.75. The van der Waals surface area contributed by atoms with Crippen molar-refractivity contribution in [3.05, 3.63) is 83.9 Å². The summed E-state index contributed by atoms with van der Waals surface area (Å²) in [6.07, 6.45) is -4.80. The number of rotatable bonds is 9. The van der Waals surface area contributed by atoms with Crippen molar-refractivity contribution in [2.24, 2.45) is 0 Å². The molecule has 0 aliphatic carbocycles. The third-order valence-corrected chi connectivity index (χ3v) is 5.95. The van der Waals surface area contributed by atoms with Crippen LogP contribution in [0.15, 0.2) is 72.8 Å². The molecule has 3 aromatic carbocycles. The average Bonchev–Trinajstić information content (AvgIpc) is 3.32. The van der Waals surface area contributed by atoms with E-state index in [0.717, 1.165) is 28.9 Å². The third kappa shape index (κ3) is 8.25. The number of benzene rings is 3. The molecule has 0 radical (unpaired) electrons. The first kappa shape index (κ1) is 29.5. The van der Waals surface area contributed by atoms with Crippen LogP contribution in [0.3, 0.4) is 0 Å². The van der Waals surface area contributed by atoms with Gasteiger partial charge < -0.3 is 10.1 Å². The Morgan fingerprint density at radius 3 is 2.32 bits per heavy atom. The number of hydrazine groups is 1. The van der Waals surface area contributed by atoms with Crippen molar-refractivity contribution in [3.63, 3.8) is 0 Å². The van der Waals surface area contributed by atoms with Crippen molar-refractivity contribution in [3.8, 4) is 22.8 Å². The SMILES string of the molecule is CC(=O)Nc1nc(-c2ccc(CNNC(=S)Nc3ccccc3C(C)C)cc2)nn1-c1ccc(OC(F)(F)F)cc1. The number of ether oxygens (including phenoxy) is 1. The Hall–Kier alpha value is -4.49. The Kier molecular flexibility index (Phi) is 9.20. The van der Waals surface area contributed by atoms with Crippen molar-refractivity contribution in [2.75, 3.05) is 10.6 Å². The van der Waals surface area contributed by atoms with Crippen LogP contribution >= 0.6 is 12.2 Å². The summed E-state index contributed by atoms with van der Waals surface area (Å²) in [4.78, 5) is 16.1. The number of nitrogens with one attached hydrogen (secondary N) is 4. The van der Waals surface area contributed by atoms with E-state index in [4.69, 9.17) is 12.2 Å². The number of para-hydroxylation sites is 1. The molecule has 0 unspecified atom stereocenters. The van der Waals surface area contributed by atoms with Gasteiger partial charge in [0, 0.05) is 24.7 Å². The number of anilines is 2. The molecule has 13 heteroatoms. The molecule has 4 aromatic rings. The molecule has 1 aromatic heterocycles. The van der Waals surface area contributed by atoms with Gasteiger partial charge in [-0.25, -0.2) is 5.43 Å². The maximum atomic E-state index is 12.5. The minimum absolute atomic E-state index is 0.118. The number of nitrogens with zero attached hydrogens (tertiary/aromatic N) is 3. The zero-order valence-corrected chi connectivity index (χ0v) is 23.2. The zero-order valence-electron chi connectivity index (χ0n) is 22.4. The lowest BCUT2D eigenvalue weighted by Gasteiger charge is -2.16. The maximum absolute atomic E-state index is 12.5. The van der Waals surface area contributed by atoms with Gasteiger partial charge in [0.15, 0.2) is 10.9 Å². The van der Waals surface area contributed by atoms with Gasteiger partial charge in [-0.05, 0) is 59.6 Å². The Bertz CT molecular complexity index is 1500. The first-order valence-corrected chi connectivity index (χ1v) is 13.0. The second-order valence-electron chi connectivity index (χ2n) is 9.27. The van der Waals surface area contributed by atoms with E-state index in [1.807, 2.05) is 42.5 Å². The van der Waals surface area contributed by atoms with Gasteiger partial charge in [0.25, 0.3) is 0 Å². The number of hydrogen-bond acceptors (Lipinski definition) is 6. The number of alkyl halides is 3. The van der Waals surface area contributed by atoms with Crippen molar-refractivity contribution >= 4 is 34.9 Å². The fourth-order valence-electron chi connectivity index (χ4n) is 3.91. The number of halogens is 3. The van der Waals surface area contributed by atoms with Crippen LogP contribution in [-0.4, -0.2) is 32.1 Å². The number of carbonyl (C=O) groups is 1. The van der Waals surface area contributed by atoms with Crippen molar-refractivity contribution in [1.29, 1.82) is 0 Å². The molecule has 9 nitrogen and oxygen atoms in total. The molecule has 0 bridgehead atoms. The molecule has 4 N–H and O–H groups in total. The molecule has 0 saturated carbocycles. The van der Waals surface area contributed by atoms with Gasteiger partial charge >= 0.3 is 6.36 Å². The molecule has 1 heterocycles. The highest BCUT2D eigenvalue weighted by atomic mass is 32.1. The zero-order chi connectivity index (χ0) is 29.6. The van der Waals surface area contributed by atoms with Gasteiger partial charge in [-0.1, -0.05) is 56.3 Å². The van der Waals surface area contributed by atoms with E-state index in [0.29, 0.717) is 34.7 Å². The molecular weight excluding hydrogens is 555 g/mol. The minimum atomic E-state index is -4.80. The maximum Gasteiger partial charge on any atom is 0.573 e. The topological polar surface area (TPSA) is 105 Å². The molecule has 4 rings (SSSR count). The lowest BCUT2D eigenvalue weighted by Crippen LogP contribution is -2.39. The fraction of sp³-hybridized carbons (Fsp3) is 0.214. The van der Waals surface area contributed by atoms with Crippen molar-refractivity contribution in [2.45, 2.75) is 39.6 Å². The van der Waals surface area contributed by atoms with Gasteiger partial charge in [0.1, 0.15) is 5.75 Å². The summed E-state index contributed by atoms with van der Waals surface area (Å²) in [5, 5.41) is 10.7. The van der Waals surface area contributed by atoms with Crippen LogP contribution in [0, 0.1) is 0 Å². The van der Waals surface area contributed by atoms with Crippen LogP contribution in [0.1, 0.15) is 37.8 Å². The first-order valence-electron chi connectivity index (χ1n) is 12.6. The summed E-state index contributed by atoms with van der Waals surface area (Å²) in [6, 6.07) is 20.5. The summed E-state index contributed by atoms with van der Waals surface area (Å²) in [5.74, 6) is 0.0271. The summed E-state index contributed by atoms with van der Waals surface area (Å²) < 4.78 is 42.8. The van der Waals surface area contributed by atoms with Gasteiger partial charge in [0.2, 0.25) is 11.9 Å². The largest absolute Gasteiger partial charge is 0.573 e. The van der Waals surface area contributed by atoms with Gasteiger partial charge in [0.05, 0.1) is 5.69 Å². The standard InChI is InChI=1S/C28H28F3N7O2S/c1-17(2)23-6-4-5-7-24(23)34-27(41)36-32-16-19-8-10-20(11-9-19)25-35-26(33-18(3)39)38(37-25)21-12-14-22(15-13-21)40-28(29,30)31/h4-15,17,32H,16H2,1-3H3,(H2,34,36,41)(H,33,35,37,39). The molecule has 1 amide bonds. The summed E-state index contributed by atoms with van der Waals surface area (Å²) in [6.45, 7) is 6.03. The molecule has 0 fully saturated rings. The van der Waals surface area contributed by atoms with E-state index < -0.39 is 6.36 Å². The quantitative estimate of drug-likeness (QED) is 0.143.